The molecule has 0 fully saturated rings. The van der Waals surface area contributed by atoms with E-state index in [1.165, 1.54) is 16.9 Å². The van der Waals surface area contributed by atoms with Crippen LogP contribution in [-0.4, -0.2) is 49.8 Å². The number of benzene rings is 1. The Morgan fingerprint density at radius 2 is 2.00 bits per heavy atom. The minimum atomic E-state index is 1.01. The van der Waals surface area contributed by atoms with Gasteiger partial charge in [-0.3, -0.25) is 0 Å². The molecular weight excluding hydrogens is 294 g/mol. The van der Waals surface area contributed by atoms with Crippen molar-refractivity contribution in [2.45, 2.75) is 13.3 Å². The first-order valence-electron chi connectivity index (χ1n) is 6.37. The minimum absolute atomic E-state index is 1.01. The molecule has 0 amide bonds. The summed E-state index contributed by atoms with van der Waals surface area (Å²) in [5, 5.41) is 4.38. The third-order valence-electron chi connectivity index (χ3n) is 3.15. The summed E-state index contributed by atoms with van der Waals surface area (Å²) in [5.41, 5.74) is 4.96. The first kappa shape index (κ1) is 14.1. The van der Waals surface area contributed by atoms with Gasteiger partial charge in [0.1, 0.15) is 0 Å². The molecule has 0 aliphatic carbocycles. The Labute approximate surface area is 125 Å². The Morgan fingerprint density at radius 3 is 2.47 bits per heavy atom. The van der Waals surface area contributed by atoms with E-state index in [-0.39, 0.29) is 0 Å². The summed E-state index contributed by atoms with van der Waals surface area (Å²) in [5.74, 6) is 0. The van der Waals surface area contributed by atoms with Gasteiger partial charge in [0, 0.05) is 0 Å². The van der Waals surface area contributed by atoms with Crippen LogP contribution < -0.4 is 8.51 Å². The molecule has 0 N–H and O–H groups in total. The zero-order chi connectivity index (χ0) is 14.0. The van der Waals surface area contributed by atoms with Gasteiger partial charge in [0.2, 0.25) is 0 Å². The summed E-state index contributed by atoms with van der Waals surface area (Å²) < 4.78 is 4.17. The number of hydrogen-bond acceptors (Lipinski definition) is 3. The summed E-state index contributed by atoms with van der Waals surface area (Å²) in [6, 6.07) is 6.41. The first-order valence-corrected chi connectivity index (χ1v) is 7.45. The summed E-state index contributed by atoms with van der Waals surface area (Å²) in [4.78, 5) is 2.14. The third-order valence-corrected chi connectivity index (χ3v) is 3.70. The number of anilines is 2. The molecule has 2 rings (SSSR count). The van der Waals surface area contributed by atoms with Gasteiger partial charge < -0.3 is 0 Å². The van der Waals surface area contributed by atoms with Crippen molar-refractivity contribution in [2.75, 3.05) is 29.6 Å². The van der Waals surface area contributed by atoms with Crippen molar-refractivity contribution in [3.8, 4) is 5.69 Å². The molecule has 0 unspecified atom stereocenters. The molecule has 0 spiro atoms. The van der Waals surface area contributed by atoms with E-state index in [9.17, 15) is 0 Å². The van der Waals surface area contributed by atoms with Crippen LogP contribution in [0.2, 0.25) is 0 Å². The Hall–Kier alpha value is -1.33. The van der Waals surface area contributed by atoms with Gasteiger partial charge in [-0.15, -0.1) is 0 Å². The second-order valence-electron chi connectivity index (χ2n) is 4.78. The number of aryl methyl sites for hydroxylation is 1. The zero-order valence-electron chi connectivity index (χ0n) is 12.0. The van der Waals surface area contributed by atoms with Gasteiger partial charge in [0.05, 0.1) is 0 Å². The molecule has 1 aromatic carbocycles. The number of aromatic nitrogens is 2. The van der Waals surface area contributed by atoms with E-state index in [1.54, 1.807) is 18.8 Å². The van der Waals surface area contributed by atoms with E-state index < -0.39 is 0 Å². The third kappa shape index (κ3) is 2.82. The first-order chi connectivity index (χ1) is 9.04. The van der Waals surface area contributed by atoms with Crippen molar-refractivity contribution in [1.29, 1.82) is 0 Å². The maximum absolute atomic E-state index is 4.38. The quantitative estimate of drug-likeness (QED) is 0.807. The van der Waals surface area contributed by atoms with Crippen molar-refractivity contribution in [3.05, 3.63) is 36.2 Å². The molecule has 0 saturated heterocycles. The fourth-order valence-corrected chi connectivity index (χ4v) is 2.81. The standard InChI is InChI=1S/C14H19N4.Ga/c1-5-11-9-12(17(3)4)10-13(14(11)15-2)18-8-6-7-16-18;/h6-10H,5H2,1-4H3;/q-1;+1. The topological polar surface area (TPSA) is 24.3 Å². The summed E-state index contributed by atoms with van der Waals surface area (Å²) in [7, 11) is 6.25. The molecule has 0 aliphatic heterocycles. The molecule has 0 atom stereocenters. The Morgan fingerprint density at radius 1 is 1.26 bits per heavy atom. The van der Waals surface area contributed by atoms with E-state index in [2.05, 4.69) is 53.8 Å². The van der Waals surface area contributed by atoms with Crippen molar-refractivity contribution >= 4 is 30.2 Å². The molecule has 1 aromatic heterocycles. The number of hydrogen-bond donors (Lipinski definition) is 0. The van der Waals surface area contributed by atoms with Crippen LogP contribution in [0.25, 0.3) is 5.69 Å². The molecular formula is C14H19GaN4. The fourth-order valence-electron chi connectivity index (χ4n) is 2.18. The van der Waals surface area contributed by atoms with Gasteiger partial charge in [-0.1, -0.05) is 0 Å². The normalized spacial score (nSPS) is 10.5. The molecule has 4 nitrogen and oxygen atoms in total. The van der Waals surface area contributed by atoms with Gasteiger partial charge >= 0.3 is 125 Å². The van der Waals surface area contributed by atoms with Crippen molar-refractivity contribution in [3.63, 3.8) is 0 Å². The van der Waals surface area contributed by atoms with Gasteiger partial charge in [0.15, 0.2) is 0 Å². The van der Waals surface area contributed by atoms with Crippen LogP contribution in [-0.2, 0) is 6.42 Å². The Kier molecular flexibility index (Phi) is 4.26. The van der Waals surface area contributed by atoms with Crippen molar-refractivity contribution < 1.29 is 0 Å². The molecule has 0 aliphatic rings. The Balaban J connectivity index is 2.70. The van der Waals surface area contributed by atoms with E-state index in [1.807, 2.05) is 23.1 Å². The molecule has 0 saturated carbocycles. The summed E-state index contributed by atoms with van der Waals surface area (Å²) in [6.07, 6.45) is 4.83. The van der Waals surface area contributed by atoms with E-state index >= 15 is 0 Å². The van der Waals surface area contributed by atoms with E-state index in [0.717, 1.165) is 12.1 Å². The molecule has 19 heavy (non-hydrogen) atoms. The van der Waals surface area contributed by atoms with Crippen LogP contribution in [0.15, 0.2) is 30.6 Å². The fraction of sp³-hybridized carbons (Fsp3) is 0.357. The predicted molar refractivity (Wildman–Crippen MR) is 81.4 cm³/mol. The van der Waals surface area contributed by atoms with E-state index in [0.29, 0.717) is 0 Å². The second kappa shape index (κ2) is 5.75. The monoisotopic (exact) mass is 312 g/mol. The average Bonchev–Trinajstić information content (AvgIpc) is 2.90. The average molecular weight is 313 g/mol. The second-order valence-corrected chi connectivity index (χ2v) is 6.41. The maximum atomic E-state index is 4.38. The number of nitrogens with zero attached hydrogens (tertiary/aromatic N) is 4. The predicted octanol–water partition coefficient (Wildman–Crippen LogP) is 2.02. The van der Waals surface area contributed by atoms with Crippen LogP contribution in [0.3, 0.4) is 0 Å². The van der Waals surface area contributed by atoms with Gasteiger partial charge in [0.25, 0.3) is 0 Å². The summed E-state index contributed by atoms with van der Waals surface area (Å²) in [6.45, 7) is 2.20. The molecule has 98 valence electrons. The molecule has 0 bridgehead atoms. The number of rotatable bonds is 4. The Bertz CT molecular complexity index is 547. The van der Waals surface area contributed by atoms with Crippen LogP contribution in [0.5, 0.6) is 0 Å². The zero-order valence-corrected chi connectivity index (χ0v) is 14.4. The van der Waals surface area contributed by atoms with Gasteiger partial charge in [-0.25, -0.2) is 0 Å². The molecule has 5 heteroatoms. The van der Waals surface area contributed by atoms with Crippen LogP contribution in [0.4, 0.5) is 11.4 Å². The van der Waals surface area contributed by atoms with Gasteiger partial charge in [-0.05, 0) is 0 Å². The van der Waals surface area contributed by atoms with Crippen LogP contribution >= 0.6 is 0 Å². The molecule has 2 aromatic rings. The molecule has 2 radical (unpaired) electrons. The van der Waals surface area contributed by atoms with Crippen LogP contribution in [0, 0.1) is 0 Å². The van der Waals surface area contributed by atoms with Crippen molar-refractivity contribution in [2.24, 2.45) is 0 Å². The van der Waals surface area contributed by atoms with Gasteiger partial charge in [-0.2, -0.15) is 0 Å². The summed E-state index contributed by atoms with van der Waals surface area (Å²) >= 11 is 1.59. The van der Waals surface area contributed by atoms with Crippen molar-refractivity contribution in [1.82, 2.24) is 9.78 Å². The SMILES string of the molecule is CCc1cc(N(C)C)cc(-n2cccn2)c1[N](C)[Ga]. The van der Waals surface area contributed by atoms with E-state index in [4.69, 9.17) is 0 Å². The molecule has 1 heterocycles. The van der Waals surface area contributed by atoms with Crippen LogP contribution in [0.1, 0.15) is 12.5 Å².